The molecule has 0 aliphatic rings. The van der Waals surface area contributed by atoms with Gasteiger partial charge in [0.2, 0.25) is 0 Å². The summed E-state index contributed by atoms with van der Waals surface area (Å²) in [5, 5.41) is 16.5. The summed E-state index contributed by atoms with van der Waals surface area (Å²) in [5.41, 5.74) is 0.218. The minimum Gasteiger partial charge on any atom is -0.331 e. The number of nitro groups is 1. The zero-order valence-electron chi connectivity index (χ0n) is 10.5. The van der Waals surface area contributed by atoms with Crippen molar-refractivity contribution in [2.24, 2.45) is 0 Å². The molecule has 2 aromatic carbocycles. The molecule has 5 nitrogen and oxygen atoms in total. The molecule has 0 aromatic heterocycles. The van der Waals surface area contributed by atoms with Crippen molar-refractivity contribution in [3.63, 3.8) is 0 Å². The van der Waals surface area contributed by atoms with Gasteiger partial charge < -0.3 is 10.6 Å². The number of nitrogens with one attached hydrogen (secondary N) is 2. The zero-order chi connectivity index (χ0) is 15.4. The quantitative estimate of drug-likeness (QED) is 0.503. The molecule has 0 fully saturated rings. The van der Waals surface area contributed by atoms with E-state index in [1.807, 2.05) is 0 Å². The van der Waals surface area contributed by atoms with Crippen molar-refractivity contribution >= 4 is 46.0 Å². The van der Waals surface area contributed by atoms with Crippen LogP contribution in [0.25, 0.3) is 0 Å². The molecule has 0 amide bonds. The lowest BCUT2D eigenvalue weighted by atomic mass is 10.2. The Labute approximate surface area is 129 Å². The molecule has 8 heteroatoms. The maximum absolute atomic E-state index is 13.6. The van der Waals surface area contributed by atoms with E-state index in [9.17, 15) is 14.5 Å². The second kappa shape index (κ2) is 6.47. The van der Waals surface area contributed by atoms with Gasteiger partial charge in [-0.15, -0.1) is 0 Å². The lowest BCUT2D eigenvalue weighted by molar-refractivity contribution is -0.384. The fraction of sp³-hybridized carbons (Fsp3) is 0. The first kappa shape index (κ1) is 15.1. The molecule has 0 spiro atoms. The highest BCUT2D eigenvalue weighted by Gasteiger charge is 2.12. The summed E-state index contributed by atoms with van der Waals surface area (Å²) in [7, 11) is 0. The number of nitrogens with zero attached hydrogens (tertiary/aromatic N) is 1. The summed E-state index contributed by atoms with van der Waals surface area (Å²) in [6.07, 6.45) is 0. The summed E-state index contributed by atoms with van der Waals surface area (Å²) in [4.78, 5) is 10.1. The van der Waals surface area contributed by atoms with Gasteiger partial charge in [-0.25, -0.2) is 4.39 Å². The fourth-order valence-electron chi connectivity index (χ4n) is 1.56. The first-order valence-electron chi connectivity index (χ1n) is 5.74. The summed E-state index contributed by atoms with van der Waals surface area (Å²) in [6, 6.07) is 10.0. The van der Waals surface area contributed by atoms with Crippen molar-refractivity contribution in [3.8, 4) is 0 Å². The van der Waals surface area contributed by atoms with Crippen molar-refractivity contribution < 1.29 is 9.31 Å². The number of nitro benzene ring substituents is 1. The number of hydrogen-bond donors (Lipinski definition) is 2. The van der Waals surface area contributed by atoms with E-state index in [1.54, 1.807) is 24.3 Å². The van der Waals surface area contributed by atoms with E-state index in [-0.39, 0.29) is 16.5 Å². The fourth-order valence-corrected chi connectivity index (χ4v) is 1.96. The van der Waals surface area contributed by atoms with Gasteiger partial charge in [0.1, 0.15) is 5.82 Å². The predicted molar refractivity (Wildman–Crippen MR) is 84.3 cm³/mol. The third kappa shape index (κ3) is 3.87. The molecule has 2 aromatic rings. The van der Waals surface area contributed by atoms with Gasteiger partial charge in [-0.1, -0.05) is 23.7 Å². The van der Waals surface area contributed by atoms with Gasteiger partial charge in [0, 0.05) is 12.1 Å². The molecule has 0 radical (unpaired) electrons. The Morgan fingerprint density at radius 1 is 1.19 bits per heavy atom. The smallest absolute Gasteiger partial charge is 0.271 e. The van der Waals surface area contributed by atoms with Crippen LogP contribution in [0.4, 0.5) is 21.5 Å². The molecule has 0 atom stereocenters. The van der Waals surface area contributed by atoms with E-state index in [4.69, 9.17) is 23.8 Å². The van der Waals surface area contributed by atoms with E-state index < -0.39 is 10.7 Å². The molecule has 0 bridgehead atoms. The molecule has 0 saturated carbocycles. The van der Waals surface area contributed by atoms with Gasteiger partial charge in [0.05, 0.1) is 21.3 Å². The molecule has 0 aliphatic heterocycles. The van der Waals surface area contributed by atoms with Gasteiger partial charge in [-0.2, -0.15) is 0 Å². The van der Waals surface area contributed by atoms with Gasteiger partial charge in [-0.3, -0.25) is 10.1 Å². The number of benzene rings is 2. The standard InChI is InChI=1S/C13H9ClFN3O2S/c14-9-3-1-2-4-11(9)16-13(21)17-12-7-8(18(19)20)5-6-10(12)15/h1-7H,(H2,16,17,21). The highest BCUT2D eigenvalue weighted by Crippen LogP contribution is 2.23. The molecular formula is C13H9ClFN3O2S. The third-order valence-electron chi connectivity index (χ3n) is 2.53. The first-order chi connectivity index (χ1) is 9.97. The number of thiocarbonyl (C=S) groups is 1. The van der Waals surface area contributed by atoms with Crippen LogP contribution in [-0.2, 0) is 0 Å². The Kier molecular flexibility index (Phi) is 4.66. The van der Waals surface area contributed by atoms with Crippen molar-refractivity contribution in [2.75, 3.05) is 10.6 Å². The third-order valence-corrected chi connectivity index (χ3v) is 3.06. The lowest BCUT2D eigenvalue weighted by Crippen LogP contribution is -2.20. The van der Waals surface area contributed by atoms with E-state index >= 15 is 0 Å². The molecule has 0 aliphatic carbocycles. The Morgan fingerprint density at radius 2 is 1.86 bits per heavy atom. The van der Waals surface area contributed by atoms with Crippen molar-refractivity contribution in [1.82, 2.24) is 0 Å². The van der Waals surface area contributed by atoms with Gasteiger partial charge in [0.25, 0.3) is 5.69 Å². The normalized spacial score (nSPS) is 10.0. The predicted octanol–water partition coefficient (Wildman–Crippen LogP) is 4.20. The van der Waals surface area contributed by atoms with Crippen LogP contribution in [0, 0.1) is 15.9 Å². The van der Waals surface area contributed by atoms with Crippen LogP contribution in [0.5, 0.6) is 0 Å². The van der Waals surface area contributed by atoms with Crippen molar-refractivity contribution in [3.05, 3.63) is 63.4 Å². The minimum atomic E-state index is -0.649. The summed E-state index contributed by atoms with van der Waals surface area (Å²) < 4.78 is 13.6. The molecule has 21 heavy (non-hydrogen) atoms. The van der Waals surface area contributed by atoms with Crippen LogP contribution in [0.3, 0.4) is 0 Å². The van der Waals surface area contributed by atoms with E-state index in [0.717, 1.165) is 18.2 Å². The Bertz CT molecular complexity index is 712. The SMILES string of the molecule is O=[N+]([O-])c1ccc(F)c(NC(=S)Nc2ccccc2Cl)c1. The number of non-ortho nitro benzene ring substituents is 1. The molecule has 0 heterocycles. The molecule has 0 unspecified atom stereocenters. The van der Waals surface area contributed by atoms with E-state index in [2.05, 4.69) is 10.6 Å². The maximum Gasteiger partial charge on any atom is 0.271 e. The average Bonchev–Trinajstić information content (AvgIpc) is 2.43. The van der Waals surface area contributed by atoms with Crippen LogP contribution in [0.15, 0.2) is 42.5 Å². The van der Waals surface area contributed by atoms with Crippen molar-refractivity contribution in [1.29, 1.82) is 0 Å². The van der Waals surface area contributed by atoms with Crippen LogP contribution in [0.1, 0.15) is 0 Å². The van der Waals surface area contributed by atoms with Crippen LogP contribution in [-0.4, -0.2) is 10.0 Å². The lowest BCUT2D eigenvalue weighted by Gasteiger charge is -2.12. The highest BCUT2D eigenvalue weighted by molar-refractivity contribution is 7.80. The molecule has 2 N–H and O–H groups in total. The number of hydrogen-bond acceptors (Lipinski definition) is 3. The largest absolute Gasteiger partial charge is 0.331 e. The first-order valence-corrected chi connectivity index (χ1v) is 6.52. The Balaban J connectivity index is 2.15. The van der Waals surface area contributed by atoms with Gasteiger partial charge in [-0.05, 0) is 30.4 Å². The zero-order valence-corrected chi connectivity index (χ0v) is 12.0. The number of halogens is 2. The molecule has 108 valence electrons. The monoisotopic (exact) mass is 325 g/mol. The number of anilines is 2. The molecule has 2 rings (SSSR count). The van der Waals surface area contributed by atoms with Gasteiger partial charge in [0.15, 0.2) is 5.11 Å². The van der Waals surface area contributed by atoms with Crippen LogP contribution < -0.4 is 10.6 Å². The Morgan fingerprint density at radius 3 is 2.52 bits per heavy atom. The van der Waals surface area contributed by atoms with Gasteiger partial charge >= 0.3 is 0 Å². The number of para-hydroxylation sites is 1. The topological polar surface area (TPSA) is 67.2 Å². The average molecular weight is 326 g/mol. The van der Waals surface area contributed by atoms with E-state index in [0.29, 0.717) is 10.7 Å². The minimum absolute atomic E-state index is 0.0718. The Hall–Kier alpha value is -2.25. The van der Waals surface area contributed by atoms with Crippen LogP contribution >= 0.6 is 23.8 Å². The van der Waals surface area contributed by atoms with Crippen molar-refractivity contribution in [2.45, 2.75) is 0 Å². The summed E-state index contributed by atoms with van der Waals surface area (Å²) >= 11 is 11.0. The molecule has 0 saturated heterocycles. The maximum atomic E-state index is 13.6. The molecular weight excluding hydrogens is 317 g/mol. The summed E-state index contributed by atoms with van der Waals surface area (Å²) in [6.45, 7) is 0. The second-order valence-corrected chi connectivity index (χ2v) is 4.80. The van der Waals surface area contributed by atoms with E-state index in [1.165, 1.54) is 0 Å². The summed E-state index contributed by atoms with van der Waals surface area (Å²) in [5.74, 6) is -0.649. The number of rotatable bonds is 3. The second-order valence-electron chi connectivity index (χ2n) is 3.98. The van der Waals surface area contributed by atoms with Crippen LogP contribution in [0.2, 0.25) is 5.02 Å². The highest BCUT2D eigenvalue weighted by atomic mass is 35.5.